The van der Waals surface area contributed by atoms with E-state index in [0.29, 0.717) is 22.5 Å². The van der Waals surface area contributed by atoms with Crippen LogP contribution in [-0.4, -0.2) is 41.5 Å². The molecular formula is C22H24N6O2S. The molecule has 8 nitrogen and oxygen atoms in total. The molecule has 4 aromatic rings. The van der Waals surface area contributed by atoms with E-state index in [1.165, 1.54) is 17.3 Å². The molecule has 0 aliphatic rings. The molecule has 1 aromatic carbocycles. The minimum Gasteiger partial charge on any atom is -0.360 e. The van der Waals surface area contributed by atoms with Gasteiger partial charge in [-0.3, -0.25) is 9.36 Å². The Morgan fingerprint density at radius 1 is 1.13 bits per heavy atom. The molecule has 0 radical (unpaired) electrons. The van der Waals surface area contributed by atoms with Gasteiger partial charge < -0.3 is 4.52 Å². The van der Waals surface area contributed by atoms with E-state index >= 15 is 0 Å². The molecule has 0 unspecified atom stereocenters. The minimum atomic E-state index is 0.00859. The number of tetrazole rings is 1. The predicted molar refractivity (Wildman–Crippen MR) is 118 cm³/mol. The van der Waals surface area contributed by atoms with Gasteiger partial charge in [0.05, 0.1) is 11.4 Å². The van der Waals surface area contributed by atoms with E-state index in [1.54, 1.807) is 4.68 Å². The van der Waals surface area contributed by atoms with E-state index in [2.05, 4.69) is 46.7 Å². The fraction of sp³-hybridized carbons (Fsp3) is 0.318. The van der Waals surface area contributed by atoms with Crippen LogP contribution < -0.4 is 0 Å². The molecule has 0 aliphatic heterocycles. The van der Waals surface area contributed by atoms with Crippen molar-refractivity contribution in [1.29, 1.82) is 0 Å². The van der Waals surface area contributed by atoms with Crippen molar-refractivity contribution in [2.45, 2.75) is 45.7 Å². The van der Waals surface area contributed by atoms with Crippen molar-refractivity contribution in [3.8, 4) is 11.5 Å². The van der Waals surface area contributed by atoms with Crippen molar-refractivity contribution < 1.29 is 9.32 Å². The highest BCUT2D eigenvalue weighted by molar-refractivity contribution is 7.99. The molecule has 0 atom stereocenters. The molecule has 0 fully saturated rings. The third kappa shape index (κ3) is 4.18. The maximum absolute atomic E-state index is 13.0. The van der Waals surface area contributed by atoms with Gasteiger partial charge in [0.25, 0.3) is 0 Å². The molecule has 160 valence electrons. The number of aromatic nitrogens is 6. The zero-order valence-corrected chi connectivity index (χ0v) is 19.0. The third-order valence-corrected chi connectivity index (χ3v) is 6.07. The first-order valence-electron chi connectivity index (χ1n) is 10.0. The molecule has 3 heterocycles. The normalized spacial score (nSPS) is 11.4. The molecule has 0 N–H and O–H groups in total. The molecule has 0 saturated carbocycles. The van der Waals surface area contributed by atoms with Crippen LogP contribution in [0, 0.1) is 20.8 Å². The van der Waals surface area contributed by atoms with Crippen molar-refractivity contribution >= 4 is 17.5 Å². The Labute approximate surface area is 184 Å². The number of hydrogen-bond donors (Lipinski definition) is 0. The molecule has 4 rings (SSSR count). The van der Waals surface area contributed by atoms with Gasteiger partial charge in [-0.15, -0.1) is 5.10 Å². The maximum Gasteiger partial charge on any atom is 0.214 e. The number of carbonyl (C=O) groups is 1. The molecule has 0 spiro atoms. The fourth-order valence-electron chi connectivity index (χ4n) is 3.50. The van der Waals surface area contributed by atoms with E-state index in [9.17, 15) is 4.79 Å². The Bertz CT molecular complexity index is 1220. The highest BCUT2D eigenvalue weighted by atomic mass is 32.2. The first-order valence-corrected chi connectivity index (χ1v) is 11.0. The molecule has 0 bridgehead atoms. The molecule has 31 heavy (non-hydrogen) atoms. The average Bonchev–Trinajstić information content (AvgIpc) is 3.45. The van der Waals surface area contributed by atoms with Crippen LogP contribution in [0.2, 0.25) is 0 Å². The number of hydrogen-bond acceptors (Lipinski definition) is 7. The van der Waals surface area contributed by atoms with Crippen LogP contribution in [0.1, 0.15) is 52.8 Å². The number of thioether (sulfide) groups is 1. The molecule has 0 aliphatic carbocycles. The van der Waals surface area contributed by atoms with Crippen LogP contribution in [0.15, 0.2) is 46.1 Å². The summed E-state index contributed by atoms with van der Waals surface area (Å²) in [6, 6.07) is 11.9. The summed E-state index contributed by atoms with van der Waals surface area (Å²) in [6.07, 6.45) is 0. The molecule has 0 saturated heterocycles. The smallest absolute Gasteiger partial charge is 0.214 e. The lowest BCUT2D eigenvalue weighted by Crippen LogP contribution is -2.07. The molecular weight excluding hydrogens is 412 g/mol. The second kappa shape index (κ2) is 8.50. The zero-order valence-electron chi connectivity index (χ0n) is 18.2. The number of Topliss-reactive ketones (excluding diaryl/α,β-unsaturated/α-hetero) is 1. The van der Waals surface area contributed by atoms with Gasteiger partial charge in [0.1, 0.15) is 5.76 Å². The maximum atomic E-state index is 13.0. The Morgan fingerprint density at radius 3 is 2.52 bits per heavy atom. The quantitative estimate of drug-likeness (QED) is 0.312. The van der Waals surface area contributed by atoms with Crippen molar-refractivity contribution in [3.63, 3.8) is 0 Å². The predicted octanol–water partition coefficient (Wildman–Crippen LogP) is 4.46. The van der Waals surface area contributed by atoms with Gasteiger partial charge in [0.2, 0.25) is 5.16 Å². The highest BCUT2D eigenvalue weighted by Gasteiger charge is 2.20. The summed E-state index contributed by atoms with van der Waals surface area (Å²) in [7, 11) is 0. The van der Waals surface area contributed by atoms with Crippen LogP contribution >= 0.6 is 11.8 Å². The summed E-state index contributed by atoms with van der Waals surface area (Å²) < 4.78 is 8.77. The standard InChI is InChI=1S/C22H24N6O2S/c1-13(2)17-6-8-18(9-7-17)28-22(23-25-26-28)31-12-20(29)19-10-14(3)27(16(19)5)21-11-15(4)30-24-21/h6-11,13H,12H2,1-5H3. The zero-order chi connectivity index (χ0) is 22.1. The summed E-state index contributed by atoms with van der Waals surface area (Å²) in [6.45, 7) is 10.0. The summed E-state index contributed by atoms with van der Waals surface area (Å²) in [4.78, 5) is 13.0. The highest BCUT2D eigenvalue weighted by Crippen LogP contribution is 2.25. The van der Waals surface area contributed by atoms with Gasteiger partial charge in [-0.25, -0.2) is 0 Å². The Kier molecular flexibility index (Phi) is 5.77. The van der Waals surface area contributed by atoms with Crippen LogP contribution in [-0.2, 0) is 0 Å². The topological polar surface area (TPSA) is 91.6 Å². The Balaban J connectivity index is 1.51. The Morgan fingerprint density at radius 2 is 1.87 bits per heavy atom. The molecule has 9 heteroatoms. The van der Waals surface area contributed by atoms with Gasteiger partial charge >= 0.3 is 0 Å². The van der Waals surface area contributed by atoms with Crippen LogP contribution in [0.5, 0.6) is 0 Å². The van der Waals surface area contributed by atoms with Crippen molar-refractivity contribution in [2.75, 3.05) is 5.75 Å². The van der Waals surface area contributed by atoms with Gasteiger partial charge in [-0.05, 0) is 60.9 Å². The van der Waals surface area contributed by atoms with E-state index in [-0.39, 0.29) is 11.5 Å². The lowest BCUT2D eigenvalue weighted by Gasteiger charge is -2.08. The molecule has 3 aromatic heterocycles. The number of carbonyl (C=O) groups excluding carboxylic acids is 1. The number of nitrogens with zero attached hydrogens (tertiary/aromatic N) is 6. The number of rotatable bonds is 7. The van der Waals surface area contributed by atoms with Gasteiger partial charge in [-0.2, -0.15) is 4.68 Å². The first-order chi connectivity index (χ1) is 14.8. The second-order valence-electron chi connectivity index (χ2n) is 7.75. The van der Waals surface area contributed by atoms with Crippen LogP contribution in [0.3, 0.4) is 0 Å². The van der Waals surface area contributed by atoms with Gasteiger partial charge in [0, 0.05) is 23.0 Å². The van der Waals surface area contributed by atoms with Crippen molar-refractivity contribution in [2.24, 2.45) is 0 Å². The number of aryl methyl sites for hydroxylation is 2. The summed E-state index contributed by atoms with van der Waals surface area (Å²) in [5, 5.41) is 16.6. The largest absolute Gasteiger partial charge is 0.360 e. The second-order valence-corrected chi connectivity index (χ2v) is 8.69. The Hall–Kier alpha value is -3.20. The lowest BCUT2D eigenvalue weighted by molar-refractivity contribution is 0.102. The lowest BCUT2D eigenvalue weighted by atomic mass is 10.0. The summed E-state index contributed by atoms with van der Waals surface area (Å²) >= 11 is 1.32. The van der Waals surface area contributed by atoms with Crippen molar-refractivity contribution in [1.82, 2.24) is 29.9 Å². The SMILES string of the molecule is Cc1cc(-n2c(C)cc(C(=O)CSc3nnnn3-c3ccc(C(C)C)cc3)c2C)no1. The van der Waals surface area contributed by atoms with Crippen molar-refractivity contribution in [3.05, 3.63) is 64.7 Å². The number of benzene rings is 1. The van der Waals surface area contributed by atoms with Crippen LogP contribution in [0.25, 0.3) is 11.5 Å². The van der Waals surface area contributed by atoms with E-state index in [0.717, 1.165) is 22.8 Å². The fourth-order valence-corrected chi connectivity index (χ4v) is 4.27. The summed E-state index contributed by atoms with van der Waals surface area (Å²) in [5.74, 6) is 2.09. The van der Waals surface area contributed by atoms with Crippen LogP contribution in [0.4, 0.5) is 0 Å². The first kappa shape index (κ1) is 21.0. The monoisotopic (exact) mass is 436 g/mol. The minimum absolute atomic E-state index is 0.00859. The molecule has 0 amide bonds. The van der Waals surface area contributed by atoms with E-state index in [4.69, 9.17) is 4.52 Å². The summed E-state index contributed by atoms with van der Waals surface area (Å²) in [5.41, 5.74) is 4.53. The van der Waals surface area contributed by atoms with Gasteiger partial charge in [-0.1, -0.05) is 42.9 Å². The van der Waals surface area contributed by atoms with Gasteiger partial charge in [0.15, 0.2) is 11.6 Å². The number of ketones is 1. The third-order valence-electron chi connectivity index (χ3n) is 5.15. The van der Waals surface area contributed by atoms with E-state index < -0.39 is 0 Å². The van der Waals surface area contributed by atoms with E-state index in [1.807, 2.05) is 49.6 Å². The average molecular weight is 437 g/mol.